The van der Waals surface area contributed by atoms with E-state index in [1.54, 1.807) is 0 Å². The number of aromatic amines is 1. The maximum absolute atomic E-state index is 3.44. The number of nitrogens with one attached hydrogen (secondary N) is 2. The largest absolute Gasteiger partial charge is 0.342 e. The highest BCUT2D eigenvalue weighted by atomic mass is 79.9. The van der Waals surface area contributed by atoms with Gasteiger partial charge in [-0.15, -0.1) is 0 Å². The molecule has 3 heteroatoms. The van der Waals surface area contributed by atoms with E-state index in [0.29, 0.717) is 0 Å². The zero-order chi connectivity index (χ0) is 12.5. The maximum atomic E-state index is 3.44. The number of benzene rings is 2. The molecule has 2 N–H and O–H groups in total. The summed E-state index contributed by atoms with van der Waals surface area (Å²) in [6, 6.07) is 16.5. The molecule has 0 bridgehead atoms. The topological polar surface area (TPSA) is 27.8 Å². The average molecular weight is 301 g/mol. The third-order valence-corrected chi connectivity index (χ3v) is 3.61. The van der Waals surface area contributed by atoms with Crippen LogP contribution in [0.15, 0.2) is 53.0 Å². The molecule has 1 heterocycles. The Morgan fingerprint density at radius 1 is 1.00 bits per heavy atom. The molecule has 2 aromatic carbocycles. The van der Waals surface area contributed by atoms with Crippen molar-refractivity contribution in [2.45, 2.75) is 6.92 Å². The lowest BCUT2D eigenvalue weighted by Gasteiger charge is -2.05. The summed E-state index contributed by atoms with van der Waals surface area (Å²) in [7, 11) is 0. The van der Waals surface area contributed by atoms with Crippen LogP contribution in [0.1, 0.15) is 5.56 Å². The van der Waals surface area contributed by atoms with Gasteiger partial charge in [-0.2, -0.15) is 0 Å². The third kappa shape index (κ3) is 2.02. The molecule has 0 aliphatic carbocycles. The molecule has 0 saturated carbocycles. The van der Waals surface area contributed by atoms with Crippen LogP contribution in [0.5, 0.6) is 0 Å². The minimum Gasteiger partial charge on any atom is -0.342 e. The number of anilines is 2. The maximum Gasteiger partial charge on any atom is 0.111 e. The molecule has 0 atom stereocenters. The number of aromatic nitrogens is 1. The first-order chi connectivity index (χ1) is 8.74. The molecule has 0 radical (unpaired) electrons. The summed E-state index contributed by atoms with van der Waals surface area (Å²) in [5.41, 5.74) is 3.48. The number of aryl methyl sites for hydroxylation is 1. The van der Waals surface area contributed by atoms with E-state index in [0.717, 1.165) is 21.5 Å². The number of fused-ring (bicyclic) bond motifs is 1. The normalized spacial score (nSPS) is 10.8. The lowest BCUT2D eigenvalue weighted by Crippen LogP contribution is -1.91. The second kappa shape index (κ2) is 4.50. The van der Waals surface area contributed by atoms with E-state index in [4.69, 9.17) is 0 Å². The van der Waals surface area contributed by atoms with E-state index in [-0.39, 0.29) is 0 Å². The van der Waals surface area contributed by atoms with Crippen molar-refractivity contribution >= 4 is 38.3 Å². The van der Waals surface area contributed by atoms with Gasteiger partial charge in [-0.3, -0.25) is 0 Å². The molecule has 2 nitrogen and oxygen atoms in total. The molecule has 18 heavy (non-hydrogen) atoms. The molecule has 0 spiro atoms. The van der Waals surface area contributed by atoms with Crippen molar-refractivity contribution in [1.82, 2.24) is 4.98 Å². The molecule has 1 aromatic heterocycles. The van der Waals surface area contributed by atoms with Crippen LogP contribution in [0.4, 0.5) is 11.5 Å². The molecule has 3 aromatic rings. The summed E-state index contributed by atoms with van der Waals surface area (Å²) in [5, 5.41) is 4.67. The van der Waals surface area contributed by atoms with Gasteiger partial charge in [-0.05, 0) is 42.8 Å². The first kappa shape index (κ1) is 11.4. The Hall–Kier alpha value is -1.74. The second-order valence-corrected chi connectivity index (χ2v) is 5.22. The molecule has 0 amide bonds. The molecule has 0 aliphatic rings. The fourth-order valence-corrected chi connectivity index (χ4v) is 2.35. The Balaban J connectivity index is 1.99. The molecular weight excluding hydrogens is 288 g/mol. The summed E-state index contributed by atoms with van der Waals surface area (Å²) in [4.78, 5) is 3.40. The monoisotopic (exact) mass is 300 g/mol. The van der Waals surface area contributed by atoms with Gasteiger partial charge in [0.1, 0.15) is 5.82 Å². The number of hydrogen-bond acceptors (Lipinski definition) is 1. The van der Waals surface area contributed by atoms with Gasteiger partial charge in [-0.1, -0.05) is 34.1 Å². The lowest BCUT2D eigenvalue weighted by molar-refractivity contribution is 1.38. The molecular formula is C15H13BrN2. The van der Waals surface area contributed by atoms with Gasteiger partial charge in [0.2, 0.25) is 0 Å². The second-order valence-electron chi connectivity index (χ2n) is 4.30. The van der Waals surface area contributed by atoms with E-state index >= 15 is 0 Å². The Morgan fingerprint density at radius 3 is 2.44 bits per heavy atom. The van der Waals surface area contributed by atoms with Gasteiger partial charge in [0.15, 0.2) is 0 Å². The number of halogens is 1. The van der Waals surface area contributed by atoms with E-state index < -0.39 is 0 Å². The summed E-state index contributed by atoms with van der Waals surface area (Å²) < 4.78 is 1.08. The van der Waals surface area contributed by atoms with Gasteiger partial charge < -0.3 is 10.3 Å². The fraction of sp³-hybridized carbons (Fsp3) is 0.0667. The molecule has 3 rings (SSSR count). The minimum absolute atomic E-state index is 1.05. The van der Waals surface area contributed by atoms with Crippen LogP contribution in [0.25, 0.3) is 10.9 Å². The Kier molecular flexibility index (Phi) is 2.84. The van der Waals surface area contributed by atoms with Crippen molar-refractivity contribution in [2.75, 3.05) is 5.32 Å². The van der Waals surface area contributed by atoms with E-state index in [2.05, 4.69) is 63.5 Å². The van der Waals surface area contributed by atoms with E-state index in [9.17, 15) is 0 Å². The zero-order valence-corrected chi connectivity index (χ0v) is 11.6. The third-order valence-electron chi connectivity index (χ3n) is 3.08. The molecule has 0 saturated heterocycles. The predicted octanol–water partition coefficient (Wildman–Crippen LogP) is 4.98. The average Bonchev–Trinajstić information content (AvgIpc) is 2.70. The predicted molar refractivity (Wildman–Crippen MR) is 80.5 cm³/mol. The smallest absolute Gasteiger partial charge is 0.111 e. The first-order valence-corrected chi connectivity index (χ1v) is 6.63. The summed E-state index contributed by atoms with van der Waals surface area (Å²) >= 11 is 3.44. The van der Waals surface area contributed by atoms with Crippen molar-refractivity contribution in [3.8, 4) is 0 Å². The Labute approximate surface area is 114 Å². The summed E-state index contributed by atoms with van der Waals surface area (Å²) in [5.74, 6) is 1.05. The van der Waals surface area contributed by atoms with Crippen LogP contribution in [-0.4, -0.2) is 4.98 Å². The number of H-pyrrole nitrogens is 1. The quantitative estimate of drug-likeness (QED) is 0.686. The fourth-order valence-electron chi connectivity index (χ4n) is 2.08. The highest BCUT2D eigenvalue weighted by molar-refractivity contribution is 9.10. The van der Waals surface area contributed by atoms with Crippen LogP contribution in [0.3, 0.4) is 0 Å². The summed E-state index contributed by atoms with van der Waals surface area (Å²) in [6.07, 6.45) is 0. The highest BCUT2D eigenvalue weighted by Gasteiger charge is 2.06. The molecule has 0 fully saturated rings. The lowest BCUT2D eigenvalue weighted by atomic mass is 10.2. The van der Waals surface area contributed by atoms with Crippen LogP contribution >= 0.6 is 15.9 Å². The van der Waals surface area contributed by atoms with Gasteiger partial charge in [0, 0.05) is 21.1 Å². The molecule has 0 unspecified atom stereocenters. The van der Waals surface area contributed by atoms with Crippen molar-refractivity contribution in [1.29, 1.82) is 0 Å². The van der Waals surface area contributed by atoms with Gasteiger partial charge >= 0.3 is 0 Å². The van der Waals surface area contributed by atoms with Crippen LogP contribution < -0.4 is 5.32 Å². The SMILES string of the molecule is Cc1c(Nc2ccc(Br)cc2)[nH]c2ccccc12. The van der Waals surface area contributed by atoms with Crippen LogP contribution in [0, 0.1) is 6.92 Å². The van der Waals surface area contributed by atoms with Crippen molar-refractivity contribution < 1.29 is 0 Å². The molecule has 0 aliphatic heterocycles. The number of para-hydroxylation sites is 1. The van der Waals surface area contributed by atoms with E-state index in [1.165, 1.54) is 10.9 Å². The minimum atomic E-state index is 1.05. The van der Waals surface area contributed by atoms with Crippen molar-refractivity contribution in [3.63, 3.8) is 0 Å². The standard InChI is InChI=1S/C15H13BrN2/c1-10-13-4-2-3-5-14(13)18-15(10)17-12-8-6-11(16)7-9-12/h2-9,17-18H,1H3. The number of hydrogen-bond donors (Lipinski definition) is 2. The number of rotatable bonds is 2. The van der Waals surface area contributed by atoms with Crippen molar-refractivity contribution in [3.05, 3.63) is 58.6 Å². The highest BCUT2D eigenvalue weighted by Crippen LogP contribution is 2.27. The Morgan fingerprint density at radius 2 is 1.72 bits per heavy atom. The van der Waals surface area contributed by atoms with Crippen LogP contribution in [-0.2, 0) is 0 Å². The van der Waals surface area contributed by atoms with Gasteiger partial charge in [0.05, 0.1) is 0 Å². The summed E-state index contributed by atoms with van der Waals surface area (Å²) in [6.45, 7) is 2.13. The first-order valence-electron chi connectivity index (χ1n) is 5.84. The van der Waals surface area contributed by atoms with Crippen molar-refractivity contribution in [2.24, 2.45) is 0 Å². The van der Waals surface area contributed by atoms with E-state index in [1.807, 2.05) is 18.2 Å². The molecule has 90 valence electrons. The van der Waals surface area contributed by atoms with Gasteiger partial charge in [0.25, 0.3) is 0 Å². The van der Waals surface area contributed by atoms with Crippen LogP contribution in [0.2, 0.25) is 0 Å². The van der Waals surface area contributed by atoms with Gasteiger partial charge in [-0.25, -0.2) is 0 Å². The Bertz CT molecular complexity index is 683. The zero-order valence-electron chi connectivity index (χ0n) is 10.00.